The lowest BCUT2D eigenvalue weighted by Crippen LogP contribution is -2.25. The van der Waals surface area contributed by atoms with Gasteiger partial charge in [0.25, 0.3) is 0 Å². The average molecular weight is 500 g/mol. The summed E-state index contributed by atoms with van der Waals surface area (Å²) >= 11 is 6.06. The van der Waals surface area contributed by atoms with Gasteiger partial charge in [0.2, 0.25) is 5.91 Å². The van der Waals surface area contributed by atoms with E-state index in [4.69, 9.17) is 21.4 Å². The summed E-state index contributed by atoms with van der Waals surface area (Å²) in [6.07, 6.45) is 0.333. The van der Waals surface area contributed by atoms with Gasteiger partial charge < -0.3 is 10.1 Å². The minimum absolute atomic E-state index is 0.0727. The van der Waals surface area contributed by atoms with Crippen LogP contribution in [0.5, 0.6) is 5.75 Å². The van der Waals surface area contributed by atoms with Gasteiger partial charge in [-0.15, -0.1) is 15.3 Å². The lowest BCUT2D eigenvalue weighted by molar-refractivity contribution is -0.116. The molecule has 1 aliphatic rings. The Labute approximate surface area is 211 Å². The summed E-state index contributed by atoms with van der Waals surface area (Å²) in [5, 5.41) is 21.2. The van der Waals surface area contributed by atoms with Crippen molar-refractivity contribution in [2.45, 2.75) is 32.8 Å². The summed E-state index contributed by atoms with van der Waals surface area (Å²) in [4.78, 5) is 12.7. The van der Waals surface area contributed by atoms with Gasteiger partial charge in [-0.1, -0.05) is 35.9 Å². The van der Waals surface area contributed by atoms with E-state index in [1.807, 2.05) is 74.5 Å². The first-order valence-corrected chi connectivity index (χ1v) is 11.9. The maximum atomic E-state index is 12.7. The first-order valence-electron chi connectivity index (χ1n) is 11.5. The Kier molecular flexibility index (Phi) is 5.41. The summed E-state index contributed by atoms with van der Waals surface area (Å²) in [6.45, 7) is 4.20. The summed E-state index contributed by atoms with van der Waals surface area (Å²) < 4.78 is 9.26. The summed E-state index contributed by atoms with van der Waals surface area (Å²) in [5.74, 6) is 2.41. The van der Waals surface area contributed by atoms with Crippen LogP contribution in [0.25, 0.3) is 11.5 Å². The minimum Gasteiger partial charge on any atom is -0.489 e. The Balaban J connectivity index is 1.30. The van der Waals surface area contributed by atoms with E-state index in [1.54, 1.807) is 9.20 Å². The first-order chi connectivity index (χ1) is 17.5. The molecule has 4 heterocycles. The zero-order chi connectivity index (χ0) is 24.8. The number of halogens is 1. The molecule has 0 bridgehead atoms. The van der Waals surface area contributed by atoms with Gasteiger partial charge in [-0.3, -0.25) is 4.79 Å². The molecule has 0 aliphatic carbocycles. The SMILES string of the molecule is Cc1nn(-c2ccc3nnc(C)n3n2)c2c1C(c1ccc(OCc3cccc(Cl)c3)cc1)CC(=O)N2. The fourth-order valence-corrected chi connectivity index (χ4v) is 4.80. The predicted octanol–water partition coefficient (Wildman–Crippen LogP) is 4.63. The molecule has 36 heavy (non-hydrogen) atoms. The van der Waals surface area contributed by atoms with Crippen LogP contribution in [0.4, 0.5) is 5.82 Å². The van der Waals surface area contributed by atoms with E-state index in [0.717, 1.165) is 28.1 Å². The van der Waals surface area contributed by atoms with Gasteiger partial charge in [0.05, 0.1) is 5.69 Å². The smallest absolute Gasteiger partial charge is 0.226 e. The molecule has 1 amide bonds. The van der Waals surface area contributed by atoms with Crippen LogP contribution in [-0.4, -0.2) is 35.5 Å². The van der Waals surface area contributed by atoms with Crippen molar-refractivity contribution in [3.8, 4) is 11.6 Å². The van der Waals surface area contributed by atoms with Gasteiger partial charge in [0.15, 0.2) is 17.3 Å². The summed E-state index contributed by atoms with van der Waals surface area (Å²) in [7, 11) is 0. The summed E-state index contributed by atoms with van der Waals surface area (Å²) in [5.41, 5.74) is 4.47. The third-order valence-corrected chi connectivity index (χ3v) is 6.54. The van der Waals surface area contributed by atoms with Crippen LogP contribution in [-0.2, 0) is 11.4 Å². The number of nitrogens with one attached hydrogen (secondary N) is 1. The van der Waals surface area contributed by atoms with Crippen molar-refractivity contribution in [1.82, 2.24) is 29.6 Å². The largest absolute Gasteiger partial charge is 0.489 e. The van der Waals surface area contributed by atoms with Crippen molar-refractivity contribution in [1.29, 1.82) is 0 Å². The number of fused-ring (bicyclic) bond motifs is 2. The molecule has 180 valence electrons. The van der Waals surface area contributed by atoms with Crippen LogP contribution in [0.3, 0.4) is 0 Å². The van der Waals surface area contributed by atoms with Crippen molar-refractivity contribution >= 4 is 29.0 Å². The Morgan fingerprint density at radius 3 is 2.69 bits per heavy atom. The normalized spacial score (nSPS) is 15.1. The second kappa shape index (κ2) is 8.76. The lowest BCUT2D eigenvalue weighted by Gasteiger charge is -2.24. The quantitative estimate of drug-likeness (QED) is 0.378. The fourth-order valence-electron chi connectivity index (χ4n) is 4.59. The molecule has 0 fully saturated rings. The summed E-state index contributed by atoms with van der Waals surface area (Å²) in [6, 6.07) is 19.1. The number of aryl methyl sites for hydroxylation is 2. The number of benzene rings is 2. The van der Waals surface area contributed by atoms with E-state index in [1.165, 1.54) is 0 Å². The number of nitrogens with zero attached hydrogens (tertiary/aromatic N) is 6. The minimum atomic E-state index is -0.134. The van der Waals surface area contributed by atoms with Gasteiger partial charge in [-0.05, 0) is 61.4 Å². The van der Waals surface area contributed by atoms with Crippen LogP contribution < -0.4 is 10.1 Å². The zero-order valence-corrected chi connectivity index (χ0v) is 20.4. The second-order valence-corrected chi connectivity index (χ2v) is 9.20. The number of amides is 1. The van der Waals surface area contributed by atoms with Crippen LogP contribution in [0.1, 0.15) is 40.5 Å². The van der Waals surface area contributed by atoms with Crippen LogP contribution in [0.2, 0.25) is 5.02 Å². The number of carbonyl (C=O) groups is 1. The number of rotatable bonds is 5. The maximum absolute atomic E-state index is 12.7. The Morgan fingerprint density at radius 1 is 1.06 bits per heavy atom. The second-order valence-electron chi connectivity index (χ2n) is 8.76. The number of hydrogen-bond donors (Lipinski definition) is 1. The van der Waals surface area contributed by atoms with Gasteiger partial charge in [-0.25, -0.2) is 0 Å². The molecular formula is C26H22ClN7O2. The monoisotopic (exact) mass is 499 g/mol. The highest BCUT2D eigenvalue weighted by atomic mass is 35.5. The Hall–Kier alpha value is -4.24. The molecule has 0 radical (unpaired) electrons. The topological polar surface area (TPSA) is 99.2 Å². The molecule has 2 aromatic carbocycles. The molecule has 1 unspecified atom stereocenters. The first kappa shape index (κ1) is 22.2. The molecule has 5 aromatic rings. The number of anilines is 1. The highest BCUT2D eigenvalue weighted by Crippen LogP contribution is 2.40. The molecular weight excluding hydrogens is 478 g/mol. The van der Waals surface area contributed by atoms with E-state index in [2.05, 4.69) is 20.6 Å². The van der Waals surface area contributed by atoms with Crippen LogP contribution >= 0.6 is 11.6 Å². The molecule has 6 rings (SSSR count). The van der Waals surface area contributed by atoms with Crippen molar-refractivity contribution < 1.29 is 9.53 Å². The third-order valence-electron chi connectivity index (χ3n) is 6.30. The molecule has 0 saturated carbocycles. The highest BCUT2D eigenvalue weighted by Gasteiger charge is 2.33. The van der Waals surface area contributed by atoms with Crippen molar-refractivity contribution in [2.24, 2.45) is 0 Å². The molecule has 1 atom stereocenters. The molecule has 1 N–H and O–H groups in total. The van der Waals surface area contributed by atoms with Crippen LogP contribution in [0.15, 0.2) is 60.7 Å². The average Bonchev–Trinajstić information content (AvgIpc) is 3.42. The number of hydrogen-bond acceptors (Lipinski definition) is 6. The third kappa shape index (κ3) is 3.97. The lowest BCUT2D eigenvalue weighted by atomic mass is 9.86. The Bertz CT molecular complexity index is 1610. The number of aromatic nitrogens is 6. The van der Waals surface area contributed by atoms with Gasteiger partial charge in [0.1, 0.15) is 18.2 Å². The molecule has 0 spiro atoms. The maximum Gasteiger partial charge on any atom is 0.226 e. The molecule has 10 heteroatoms. The van der Waals surface area contributed by atoms with Gasteiger partial charge in [-0.2, -0.15) is 14.3 Å². The molecule has 9 nitrogen and oxygen atoms in total. The van der Waals surface area contributed by atoms with Crippen molar-refractivity contribution in [2.75, 3.05) is 5.32 Å². The predicted molar refractivity (Wildman–Crippen MR) is 135 cm³/mol. The standard InChI is InChI=1S/C26H22ClN7O2/c1-15-25-21(18-6-8-20(9-7-18)36-14-17-4-3-5-19(27)12-17)13-24(35)28-26(25)34(31-15)23-11-10-22-30-29-16(2)33(22)32-23/h3-12,21H,13-14H2,1-2H3,(H,28,35). The highest BCUT2D eigenvalue weighted by molar-refractivity contribution is 6.30. The van der Waals surface area contributed by atoms with Crippen molar-refractivity contribution in [3.63, 3.8) is 0 Å². The van der Waals surface area contributed by atoms with Crippen LogP contribution in [0, 0.1) is 13.8 Å². The molecule has 0 saturated heterocycles. The van der Waals surface area contributed by atoms with Gasteiger partial charge in [0, 0.05) is 22.9 Å². The van der Waals surface area contributed by atoms with Crippen molar-refractivity contribution in [3.05, 3.63) is 93.9 Å². The van der Waals surface area contributed by atoms with E-state index < -0.39 is 0 Å². The molecule has 1 aliphatic heterocycles. The van der Waals surface area contributed by atoms with E-state index >= 15 is 0 Å². The number of ether oxygens (including phenoxy) is 1. The Morgan fingerprint density at radius 2 is 1.89 bits per heavy atom. The van der Waals surface area contributed by atoms with E-state index in [-0.39, 0.29) is 11.8 Å². The molecule has 3 aromatic heterocycles. The van der Waals surface area contributed by atoms with Gasteiger partial charge >= 0.3 is 0 Å². The fraction of sp³-hybridized carbons (Fsp3) is 0.192. The number of carbonyl (C=O) groups excluding carboxylic acids is 1. The zero-order valence-electron chi connectivity index (χ0n) is 19.6. The van der Waals surface area contributed by atoms with E-state index in [9.17, 15) is 4.79 Å². The van der Waals surface area contributed by atoms with E-state index in [0.29, 0.717) is 41.2 Å².